The highest BCUT2D eigenvalue weighted by molar-refractivity contribution is 5.76. The van der Waals surface area contributed by atoms with Crippen LogP contribution < -0.4 is 21.1 Å². The van der Waals surface area contributed by atoms with Crippen LogP contribution in [0.2, 0.25) is 0 Å². The molecule has 5 rings (SSSR count). The number of rotatable bonds is 5. The van der Waals surface area contributed by atoms with Gasteiger partial charge in [-0.1, -0.05) is 36.3 Å². The molecule has 7 heteroatoms. The molecule has 2 N–H and O–H groups in total. The lowest BCUT2D eigenvalue weighted by Crippen LogP contribution is -2.43. The van der Waals surface area contributed by atoms with Gasteiger partial charge in [0.2, 0.25) is 5.95 Å². The Morgan fingerprint density at radius 3 is 2.48 bits per heavy atom. The van der Waals surface area contributed by atoms with Crippen molar-refractivity contribution in [2.75, 3.05) is 36.4 Å². The van der Waals surface area contributed by atoms with Gasteiger partial charge in [-0.25, -0.2) is 4.98 Å². The first-order chi connectivity index (χ1) is 16.2. The summed E-state index contributed by atoms with van der Waals surface area (Å²) in [6, 6.07) is 20.4. The van der Waals surface area contributed by atoms with Crippen molar-refractivity contribution >= 4 is 28.4 Å². The fourth-order valence-electron chi connectivity index (χ4n) is 4.11. The normalized spacial score (nSPS) is 14.6. The Morgan fingerprint density at radius 1 is 1.00 bits per heavy atom. The van der Waals surface area contributed by atoms with E-state index in [0.29, 0.717) is 11.6 Å². The van der Waals surface area contributed by atoms with Crippen molar-refractivity contribution < 1.29 is 0 Å². The molecule has 1 aliphatic heterocycles. The zero-order chi connectivity index (χ0) is 22.6. The fourth-order valence-corrected chi connectivity index (χ4v) is 4.11. The summed E-state index contributed by atoms with van der Waals surface area (Å²) in [7, 11) is 0. The summed E-state index contributed by atoms with van der Waals surface area (Å²) < 4.78 is 1.55. The molecule has 1 unspecified atom stereocenters. The Labute approximate surface area is 192 Å². The van der Waals surface area contributed by atoms with Gasteiger partial charge < -0.3 is 15.5 Å². The molecule has 0 amide bonds. The topological polar surface area (TPSA) is 75.1 Å². The van der Waals surface area contributed by atoms with E-state index in [1.165, 1.54) is 11.8 Å². The van der Waals surface area contributed by atoms with Crippen molar-refractivity contribution in [3.63, 3.8) is 0 Å². The van der Waals surface area contributed by atoms with E-state index in [-0.39, 0.29) is 5.56 Å². The zero-order valence-corrected chi connectivity index (χ0v) is 18.1. The van der Waals surface area contributed by atoms with Gasteiger partial charge in [-0.15, -0.1) is 6.42 Å². The number of nitrogens with one attached hydrogen (secondary N) is 2. The molecule has 164 valence electrons. The van der Waals surface area contributed by atoms with Crippen LogP contribution in [0.25, 0.3) is 11.0 Å². The molecule has 1 saturated heterocycles. The van der Waals surface area contributed by atoms with Crippen molar-refractivity contribution in [3.8, 4) is 12.3 Å². The number of terminal acetylenes is 1. The highest BCUT2D eigenvalue weighted by Gasteiger charge is 2.17. The maximum Gasteiger partial charge on any atom is 0.253 e. The fraction of sp³-hybridized carbons (Fsp3) is 0.192. The van der Waals surface area contributed by atoms with Gasteiger partial charge in [-0.05, 0) is 35.9 Å². The summed E-state index contributed by atoms with van der Waals surface area (Å²) in [6.45, 7) is 3.98. The van der Waals surface area contributed by atoms with Gasteiger partial charge in [-0.3, -0.25) is 9.36 Å². The van der Waals surface area contributed by atoms with Crippen LogP contribution >= 0.6 is 0 Å². The molecule has 1 fully saturated rings. The smallest absolute Gasteiger partial charge is 0.253 e. The van der Waals surface area contributed by atoms with Crippen molar-refractivity contribution in [2.24, 2.45) is 0 Å². The molecule has 0 aliphatic carbocycles. The van der Waals surface area contributed by atoms with Gasteiger partial charge in [0.25, 0.3) is 5.56 Å². The minimum Gasteiger partial charge on any atom is -0.369 e. The number of hydrogen-bond acceptors (Lipinski definition) is 6. The lowest BCUT2D eigenvalue weighted by atomic mass is 10.1. The lowest BCUT2D eigenvalue weighted by Gasteiger charge is -2.29. The standard InChI is InChI=1S/C26H24N6O/c1-2-23(19-6-4-3-5-7-19)32-24(33)13-8-20-18-28-26(30-25(20)32)29-21-9-11-22(12-10-21)31-16-14-27-15-17-31/h1,3-13,18,23,27H,14-17H2,(H,28,29,30). The molecule has 0 bridgehead atoms. The van der Waals surface area contributed by atoms with E-state index < -0.39 is 6.04 Å². The summed E-state index contributed by atoms with van der Waals surface area (Å²) in [4.78, 5) is 24.3. The van der Waals surface area contributed by atoms with Gasteiger partial charge in [0.1, 0.15) is 11.7 Å². The molecule has 1 aliphatic rings. The molecule has 0 saturated carbocycles. The quantitative estimate of drug-likeness (QED) is 0.468. The molecule has 7 nitrogen and oxygen atoms in total. The van der Waals surface area contributed by atoms with E-state index in [9.17, 15) is 4.79 Å². The summed E-state index contributed by atoms with van der Waals surface area (Å²) in [5, 5.41) is 7.36. The lowest BCUT2D eigenvalue weighted by molar-refractivity contribution is 0.589. The van der Waals surface area contributed by atoms with Crippen LogP contribution in [-0.4, -0.2) is 40.7 Å². The average molecular weight is 437 g/mol. The summed E-state index contributed by atoms with van der Waals surface area (Å²) in [5.74, 6) is 3.15. The third-order valence-electron chi connectivity index (χ3n) is 5.80. The zero-order valence-electron chi connectivity index (χ0n) is 18.1. The first-order valence-corrected chi connectivity index (χ1v) is 10.9. The van der Waals surface area contributed by atoms with Gasteiger partial charge in [0.15, 0.2) is 0 Å². The molecule has 4 aromatic rings. The molecule has 0 spiro atoms. The molecule has 3 heterocycles. The first-order valence-electron chi connectivity index (χ1n) is 10.9. The van der Waals surface area contributed by atoms with Crippen LogP contribution in [0.1, 0.15) is 11.6 Å². The van der Waals surface area contributed by atoms with E-state index >= 15 is 0 Å². The second kappa shape index (κ2) is 9.15. The highest BCUT2D eigenvalue weighted by Crippen LogP contribution is 2.23. The Bertz CT molecular complexity index is 1350. The minimum atomic E-state index is -0.566. The molecule has 1 atom stereocenters. The number of fused-ring (bicyclic) bond motifs is 1. The molecular formula is C26H24N6O. The number of nitrogens with zero attached hydrogens (tertiary/aromatic N) is 4. The van der Waals surface area contributed by atoms with Crippen LogP contribution in [0.15, 0.2) is 77.7 Å². The number of pyridine rings is 1. The number of anilines is 3. The van der Waals surface area contributed by atoms with E-state index in [4.69, 9.17) is 6.42 Å². The van der Waals surface area contributed by atoms with Gasteiger partial charge in [0.05, 0.1) is 0 Å². The van der Waals surface area contributed by atoms with Crippen LogP contribution in [-0.2, 0) is 0 Å². The average Bonchev–Trinajstić information content (AvgIpc) is 2.87. The van der Waals surface area contributed by atoms with Crippen molar-refractivity contribution in [1.82, 2.24) is 19.9 Å². The highest BCUT2D eigenvalue weighted by atomic mass is 16.1. The van der Waals surface area contributed by atoms with Gasteiger partial charge in [0, 0.05) is 55.2 Å². The predicted molar refractivity (Wildman–Crippen MR) is 132 cm³/mol. The maximum atomic E-state index is 12.8. The van der Waals surface area contributed by atoms with Crippen LogP contribution in [0.3, 0.4) is 0 Å². The van der Waals surface area contributed by atoms with Crippen molar-refractivity contribution in [3.05, 3.63) is 88.8 Å². The molecule has 33 heavy (non-hydrogen) atoms. The summed E-state index contributed by atoms with van der Waals surface area (Å²) in [5.41, 5.74) is 3.19. The Hall–Kier alpha value is -4.15. The second-order valence-electron chi connectivity index (χ2n) is 7.90. The van der Waals surface area contributed by atoms with Crippen LogP contribution in [0.4, 0.5) is 17.3 Å². The second-order valence-corrected chi connectivity index (χ2v) is 7.90. The summed E-state index contributed by atoms with van der Waals surface area (Å²) >= 11 is 0. The van der Waals surface area contributed by atoms with E-state index in [2.05, 4.69) is 43.6 Å². The Kier molecular flexibility index (Phi) is 5.75. The monoisotopic (exact) mass is 436 g/mol. The maximum absolute atomic E-state index is 12.8. The number of hydrogen-bond donors (Lipinski definition) is 2. The molecule has 0 radical (unpaired) electrons. The molecular weight excluding hydrogens is 412 g/mol. The number of benzene rings is 2. The third-order valence-corrected chi connectivity index (χ3v) is 5.80. The van der Waals surface area contributed by atoms with Crippen LogP contribution in [0, 0.1) is 12.3 Å². The van der Waals surface area contributed by atoms with Gasteiger partial charge in [-0.2, -0.15) is 4.98 Å². The molecule has 2 aromatic carbocycles. The number of aromatic nitrogens is 3. The van der Waals surface area contributed by atoms with Gasteiger partial charge >= 0.3 is 0 Å². The Morgan fingerprint density at radius 2 is 1.76 bits per heavy atom. The molecule has 2 aromatic heterocycles. The minimum absolute atomic E-state index is 0.209. The first kappa shape index (κ1) is 20.7. The summed E-state index contributed by atoms with van der Waals surface area (Å²) in [6.07, 6.45) is 7.56. The van der Waals surface area contributed by atoms with Crippen molar-refractivity contribution in [1.29, 1.82) is 0 Å². The van der Waals surface area contributed by atoms with E-state index in [1.807, 2.05) is 42.5 Å². The third kappa shape index (κ3) is 4.29. The van der Waals surface area contributed by atoms with E-state index in [0.717, 1.165) is 42.8 Å². The van der Waals surface area contributed by atoms with E-state index in [1.54, 1.807) is 16.8 Å². The SMILES string of the molecule is C#CC(c1ccccc1)n1c(=O)ccc2cnc(Nc3ccc(N4CCNCC4)cc3)nc21. The predicted octanol–water partition coefficient (Wildman–Crippen LogP) is 3.17. The van der Waals surface area contributed by atoms with Crippen LogP contribution in [0.5, 0.6) is 0 Å². The Balaban J connectivity index is 1.47. The van der Waals surface area contributed by atoms with Crippen molar-refractivity contribution in [2.45, 2.75) is 6.04 Å². The largest absolute Gasteiger partial charge is 0.369 e. The number of piperazine rings is 1.